The minimum absolute atomic E-state index is 0.0185. The van der Waals surface area contributed by atoms with Crippen molar-refractivity contribution in [1.29, 1.82) is 5.26 Å². The molecule has 158 valence electrons. The summed E-state index contributed by atoms with van der Waals surface area (Å²) in [6.07, 6.45) is 0.731. The highest BCUT2D eigenvalue weighted by molar-refractivity contribution is 5.92. The fourth-order valence-electron chi connectivity index (χ4n) is 4.73. The predicted octanol–water partition coefficient (Wildman–Crippen LogP) is 2.35. The van der Waals surface area contributed by atoms with Gasteiger partial charge in [0.15, 0.2) is 5.65 Å². The second kappa shape index (κ2) is 7.36. The normalized spacial score (nSPS) is 20.6. The second-order valence-corrected chi connectivity index (χ2v) is 8.43. The summed E-state index contributed by atoms with van der Waals surface area (Å²) in [5, 5.41) is 31.5. The molecule has 2 aromatic heterocycles. The van der Waals surface area contributed by atoms with Crippen LogP contribution in [0.4, 0.5) is 0 Å². The van der Waals surface area contributed by atoms with Gasteiger partial charge in [0.2, 0.25) is 5.91 Å². The first-order valence-electron chi connectivity index (χ1n) is 10.6. The van der Waals surface area contributed by atoms with E-state index in [1.54, 1.807) is 18.2 Å². The lowest BCUT2D eigenvalue weighted by Gasteiger charge is -2.27. The van der Waals surface area contributed by atoms with Gasteiger partial charge >= 0.3 is 0 Å². The third kappa shape index (κ3) is 3.22. The van der Waals surface area contributed by atoms with Gasteiger partial charge in [0.1, 0.15) is 11.8 Å². The van der Waals surface area contributed by atoms with E-state index in [0.717, 1.165) is 60.4 Å². The van der Waals surface area contributed by atoms with Gasteiger partial charge in [-0.25, -0.2) is 4.98 Å². The summed E-state index contributed by atoms with van der Waals surface area (Å²) >= 11 is 0. The summed E-state index contributed by atoms with van der Waals surface area (Å²) in [5.74, 6) is 0.207. The predicted molar refractivity (Wildman–Crippen MR) is 115 cm³/mol. The third-order valence-electron chi connectivity index (χ3n) is 6.41. The van der Waals surface area contributed by atoms with Crippen molar-refractivity contribution in [1.82, 2.24) is 25.4 Å². The van der Waals surface area contributed by atoms with E-state index in [1.165, 1.54) is 0 Å². The number of hydrogen-bond donors (Lipinski definition) is 3. The van der Waals surface area contributed by atoms with Crippen LogP contribution in [0, 0.1) is 31.1 Å². The SMILES string of the molecule is Cc1cc(O)ccc1-c1nc2n[nH]c(C)c2c(C2C[C@@H]2C(=O)N2CCNCC2)c1C#N. The number of fused-ring (bicyclic) bond motifs is 1. The highest BCUT2D eigenvalue weighted by Crippen LogP contribution is 2.53. The smallest absolute Gasteiger partial charge is 0.226 e. The molecule has 0 spiro atoms. The number of hydrogen-bond acceptors (Lipinski definition) is 6. The van der Waals surface area contributed by atoms with Crippen molar-refractivity contribution in [3.63, 3.8) is 0 Å². The Bertz CT molecular complexity index is 1240. The van der Waals surface area contributed by atoms with Gasteiger partial charge in [0.25, 0.3) is 0 Å². The molecule has 1 amide bonds. The summed E-state index contributed by atoms with van der Waals surface area (Å²) < 4.78 is 0. The number of phenolic OH excluding ortho intramolecular Hbond substituents is 1. The van der Waals surface area contributed by atoms with E-state index in [-0.39, 0.29) is 23.5 Å². The maximum absolute atomic E-state index is 13.1. The van der Waals surface area contributed by atoms with Crippen LogP contribution in [0.15, 0.2) is 18.2 Å². The van der Waals surface area contributed by atoms with E-state index in [9.17, 15) is 15.2 Å². The molecule has 2 fully saturated rings. The molecule has 1 aliphatic heterocycles. The number of rotatable bonds is 3. The number of carbonyl (C=O) groups is 1. The Balaban J connectivity index is 1.63. The molecule has 2 aliphatic rings. The number of aromatic nitrogens is 3. The molecular formula is C23H24N6O2. The van der Waals surface area contributed by atoms with Crippen LogP contribution >= 0.6 is 0 Å². The van der Waals surface area contributed by atoms with Crippen LogP contribution in [0.3, 0.4) is 0 Å². The summed E-state index contributed by atoms with van der Waals surface area (Å²) in [7, 11) is 0. The zero-order chi connectivity index (χ0) is 21.7. The number of benzene rings is 1. The first-order chi connectivity index (χ1) is 15.0. The third-order valence-corrected chi connectivity index (χ3v) is 6.41. The second-order valence-electron chi connectivity index (χ2n) is 8.43. The zero-order valence-electron chi connectivity index (χ0n) is 17.6. The number of aryl methyl sites for hydroxylation is 2. The van der Waals surface area contributed by atoms with Crippen LogP contribution < -0.4 is 5.32 Å². The van der Waals surface area contributed by atoms with Crippen LogP contribution in [-0.2, 0) is 4.79 Å². The average molecular weight is 416 g/mol. The summed E-state index contributed by atoms with van der Waals surface area (Å²) in [5.41, 5.74) is 4.92. The van der Waals surface area contributed by atoms with Crippen molar-refractivity contribution < 1.29 is 9.90 Å². The average Bonchev–Trinajstić information content (AvgIpc) is 3.48. The number of pyridine rings is 1. The zero-order valence-corrected chi connectivity index (χ0v) is 17.6. The molecule has 0 radical (unpaired) electrons. The van der Waals surface area contributed by atoms with E-state index < -0.39 is 0 Å². The standard InChI is InChI=1S/C23H24N6O2/c1-12-9-14(30)3-4-15(12)21-18(11-24)20(19-13(2)27-28-22(19)26-21)16-10-17(16)23(31)29-7-5-25-6-8-29/h3-4,9,16-17,25,30H,5-8,10H2,1-2H3,(H,26,27,28)/t16?,17-/m0/s1. The van der Waals surface area contributed by atoms with Crippen molar-refractivity contribution in [2.45, 2.75) is 26.2 Å². The van der Waals surface area contributed by atoms with E-state index in [2.05, 4.69) is 21.6 Å². The van der Waals surface area contributed by atoms with Crippen molar-refractivity contribution in [2.24, 2.45) is 5.92 Å². The van der Waals surface area contributed by atoms with Gasteiger partial charge in [-0.15, -0.1) is 0 Å². The molecule has 0 bridgehead atoms. The topological polar surface area (TPSA) is 118 Å². The highest BCUT2D eigenvalue weighted by Gasteiger charge is 2.48. The Labute approximate surface area is 179 Å². The van der Waals surface area contributed by atoms with E-state index in [0.29, 0.717) is 16.9 Å². The number of carbonyl (C=O) groups excluding carboxylic acids is 1. The first kappa shape index (κ1) is 19.5. The number of aromatic amines is 1. The molecule has 3 heterocycles. The van der Waals surface area contributed by atoms with Crippen molar-refractivity contribution in [3.8, 4) is 23.1 Å². The lowest BCUT2D eigenvalue weighted by atomic mass is 9.93. The lowest BCUT2D eigenvalue weighted by Crippen LogP contribution is -2.47. The number of H-pyrrole nitrogens is 1. The van der Waals surface area contributed by atoms with E-state index in [1.807, 2.05) is 18.7 Å². The summed E-state index contributed by atoms with van der Waals surface area (Å²) in [4.78, 5) is 19.7. The van der Waals surface area contributed by atoms with Crippen LogP contribution in [0.25, 0.3) is 22.3 Å². The van der Waals surface area contributed by atoms with Gasteiger partial charge in [0, 0.05) is 48.7 Å². The number of amides is 1. The van der Waals surface area contributed by atoms with Crippen molar-refractivity contribution in [2.75, 3.05) is 26.2 Å². The van der Waals surface area contributed by atoms with Gasteiger partial charge in [0.05, 0.1) is 11.3 Å². The number of piperazine rings is 1. The van der Waals surface area contributed by atoms with Crippen molar-refractivity contribution >= 4 is 16.9 Å². The van der Waals surface area contributed by atoms with Crippen LogP contribution in [0.2, 0.25) is 0 Å². The quantitative estimate of drug-likeness (QED) is 0.603. The largest absolute Gasteiger partial charge is 0.508 e. The molecule has 8 nitrogen and oxygen atoms in total. The molecule has 3 aromatic rings. The molecular weight excluding hydrogens is 392 g/mol. The van der Waals surface area contributed by atoms with Crippen LogP contribution in [0.5, 0.6) is 5.75 Å². The Hall–Kier alpha value is -3.44. The molecule has 2 atom stereocenters. The number of nitrogens with zero attached hydrogens (tertiary/aromatic N) is 4. The molecule has 1 unspecified atom stereocenters. The van der Waals surface area contributed by atoms with E-state index in [4.69, 9.17) is 4.98 Å². The van der Waals surface area contributed by atoms with Gasteiger partial charge in [-0.05, 0) is 55.5 Å². The van der Waals surface area contributed by atoms with Crippen LogP contribution in [-0.4, -0.2) is 57.3 Å². The monoisotopic (exact) mass is 416 g/mol. The molecule has 1 aliphatic carbocycles. The van der Waals surface area contributed by atoms with Crippen LogP contribution in [0.1, 0.15) is 34.7 Å². The molecule has 3 N–H and O–H groups in total. The fourth-order valence-corrected chi connectivity index (χ4v) is 4.73. The molecule has 1 saturated carbocycles. The molecule has 5 rings (SSSR count). The maximum Gasteiger partial charge on any atom is 0.226 e. The molecule has 8 heteroatoms. The number of nitrogens with one attached hydrogen (secondary N) is 2. The minimum atomic E-state index is -0.112. The Kier molecular flexibility index (Phi) is 4.63. The molecule has 1 aromatic carbocycles. The summed E-state index contributed by atoms with van der Waals surface area (Å²) in [6, 6.07) is 7.40. The van der Waals surface area contributed by atoms with Gasteiger partial charge < -0.3 is 15.3 Å². The maximum atomic E-state index is 13.1. The fraction of sp³-hybridized carbons (Fsp3) is 0.391. The lowest BCUT2D eigenvalue weighted by molar-refractivity contribution is -0.133. The van der Waals surface area contributed by atoms with Gasteiger partial charge in [-0.1, -0.05) is 0 Å². The number of phenols is 1. The molecule has 31 heavy (non-hydrogen) atoms. The van der Waals surface area contributed by atoms with Gasteiger partial charge in [-0.2, -0.15) is 10.4 Å². The number of nitriles is 1. The Morgan fingerprint density at radius 3 is 2.77 bits per heavy atom. The van der Waals surface area contributed by atoms with Crippen molar-refractivity contribution in [3.05, 3.63) is 40.6 Å². The number of aromatic hydroxyl groups is 1. The summed E-state index contributed by atoms with van der Waals surface area (Å²) in [6.45, 7) is 6.88. The molecule has 1 saturated heterocycles. The highest BCUT2D eigenvalue weighted by atomic mass is 16.3. The Morgan fingerprint density at radius 2 is 2.06 bits per heavy atom. The van der Waals surface area contributed by atoms with Gasteiger partial charge in [-0.3, -0.25) is 9.89 Å². The first-order valence-corrected chi connectivity index (χ1v) is 10.6. The minimum Gasteiger partial charge on any atom is -0.508 e. The van der Waals surface area contributed by atoms with E-state index >= 15 is 0 Å². The Morgan fingerprint density at radius 1 is 1.29 bits per heavy atom.